The first-order chi connectivity index (χ1) is 16.9. The van der Waals surface area contributed by atoms with Crippen LogP contribution in [0.1, 0.15) is 31.1 Å². The number of β-amino-alcohol motifs (C(OH)–C–C–N with tert-alkyl or cyclic N) is 1. The Kier molecular flexibility index (Phi) is 6.87. The SMILES string of the molecule is Cn1cc(-n2nc(-c3ccc(Cl)cc3)cc(C(=O)NC3CN(C(=O)OC(C)(C)C)CC3O)c2=O)cn1. The van der Waals surface area contributed by atoms with E-state index in [4.69, 9.17) is 16.3 Å². The van der Waals surface area contributed by atoms with Gasteiger partial charge in [-0.2, -0.15) is 14.9 Å². The van der Waals surface area contributed by atoms with Gasteiger partial charge >= 0.3 is 6.09 Å². The lowest BCUT2D eigenvalue weighted by Crippen LogP contribution is -2.45. The number of likely N-dealkylation sites (tertiary alicyclic amines) is 1. The van der Waals surface area contributed by atoms with Gasteiger partial charge in [0.25, 0.3) is 11.5 Å². The van der Waals surface area contributed by atoms with Gasteiger partial charge in [0, 0.05) is 24.2 Å². The molecule has 2 amide bonds. The monoisotopic (exact) mass is 514 g/mol. The highest BCUT2D eigenvalue weighted by Gasteiger charge is 2.37. The first kappa shape index (κ1) is 25.4. The highest BCUT2D eigenvalue weighted by atomic mass is 35.5. The van der Waals surface area contributed by atoms with Crippen molar-refractivity contribution in [1.82, 2.24) is 29.8 Å². The van der Waals surface area contributed by atoms with E-state index in [0.717, 1.165) is 4.68 Å². The van der Waals surface area contributed by atoms with E-state index < -0.39 is 35.3 Å². The molecule has 0 saturated carbocycles. The van der Waals surface area contributed by atoms with Gasteiger partial charge in [0.2, 0.25) is 0 Å². The summed E-state index contributed by atoms with van der Waals surface area (Å²) < 4.78 is 7.96. The van der Waals surface area contributed by atoms with Crippen molar-refractivity contribution in [2.75, 3.05) is 13.1 Å². The summed E-state index contributed by atoms with van der Waals surface area (Å²) in [7, 11) is 1.70. The van der Waals surface area contributed by atoms with Crippen LogP contribution >= 0.6 is 11.6 Å². The number of carbonyl (C=O) groups is 2. The van der Waals surface area contributed by atoms with Crippen LogP contribution in [0.3, 0.4) is 0 Å². The fourth-order valence-electron chi connectivity index (χ4n) is 3.76. The van der Waals surface area contributed by atoms with Crippen LogP contribution in [0.25, 0.3) is 16.9 Å². The molecule has 1 aromatic carbocycles. The molecule has 1 saturated heterocycles. The summed E-state index contributed by atoms with van der Waals surface area (Å²) in [6.07, 6.45) is 1.44. The van der Waals surface area contributed by atoms with E-state index in [9.17, 15) is 19.5 Å². The maximum absolute atomic E-state index is 13.3. The Hall–Kier alpha value is -3.70. The van der Waals surface area contributed by atoms with Crippen molar-refractivity contribution in [3.8, 4) is 16.9 Å². The van der Waals surface area contributed by atoms with Crippen LogP contribution in [0.5, 0.6) is 0 Å². The number of halogens is 1. The van der Waals surface area contributed by atoms with Crippen LogP contribution in [0.4, 0.5) is 4.79 Å². The third-order valence-electron chi connectivity index (χ3n) is 5.49. The molecular formula is C24H27ClN6O5. The van der Waals surface area contributed by atoms with E-state index in [0.29, 0.717) is 22.0 Å². The minimum atomic E-state index is -1.03. The molecule has 2 atom stereocenters. The summed E-state index contributed by atoms with van der Waals surface area (Å²) in [5, 5.41) is 22.2. The molecule has 0 aliphatic carbocycles. The fourth-order valence-corrected chi connectivity index (χ4v) is 3.89. The van der Waals surface area contributed by atoms with Crippen molar-refractivity contribution in [3.05, 3.63) is 63.7 Å². The normalized spacial score (nSPS) is 17.8. The third-order valence-corrected chi connectivity index (χ3v) is 5.74. The fraction of sp³-hybridized carbons (Fsp3) is 0.375. The van der Waals surface area contributed by atoms with Gasteiger partial charge in [-0.15, -0.1) is 0 Å². The lowest BCUT2D eigenvalue weighted by atomic mass is 10.1. The van der Waals surface area contributed by atoms with E-state index in [1.54, 1.807) is 58.3 Å². The third kappa shape index (κ3) is 5.58. The van der Waals surface area contributed by atoms with Crippen molar-refractivity contribution in [2.24, 2.45) is 7.05 Å². The van der Waals surface area contributed by atoms with Crippen molar-refractivity contribution in [3.63, 3.8) is 0 Å². The van der Waals surface area contributed by atoms with Crippen molar-refractivity contribution in [1.29, 1.82) is 0 Å². The molecule has 12 heteroatoms. The predicted octanol–water partition coefficient (Wildman–Crippen LogP) is 2.00. The van der Waals surface area contributed by atoms with E-state index in [1.165, 1.54) is 21.8 Å². The number of amides is 2. The lowest BCUT2D eigenvalue weighted by Gasteiger charge is -2.24. The number of aromatic nitrogens is 4. The molecule has 190 valence electrons. The van der Waals surface area contributed by atoms with E-state index >= 15 is 0 Å². The molecule has 2 N–H and O–H groups in total. The number of rotatable bonds is 4. The standard InChI is InChI=1S/C24H27ClN6O5/c1-24(2,3)36-23(35)30-12-19(20(32)13-30)27-21(33)17-9-18(14-5-7-15(25)8-6-14)28-31(22(17)34)16-10-26-29(4)11-16/h5-11,19-20,32H,12-13H2,1-4H3,(H,27,33). The Morgan fingerprint density at radius 1 is 1.19 bits per heavy atom. The quantitative estimate of drug-likeness (QED) is 0.544. The van der Waals surface area contributed by atoms with Gasteiger partial charge in [-0.05, 0) is 39.0 Å². The van der Waals surface area contributed by atoms with Crippen molar-refractivity contribution in [2.45, 2.75) is 38.5 Å². The zero-order valence-corrected chi connectivity index (χ0v) is 21.1. The number of aryl methyl sites for hydroxylation is 1. The summed E-state index contributed by atoms with van der Waals surface area (Å²) in [4.78, 5) is 40.2. The summed E-state index contributed by atoms with van der Waals surface area (Å²) in [5.74, 6) is -0.703. The van der Waals surface area contributed by atoms with Gasteiger partial charge < -0.3 is 20.1 Å². The van der Waals surface area contributed by atoms with E-state index in [2.05, 4.69) is 15.5 Å². The van der Waals surface area contributed by atoms with Crippen LogP contribution < -0.4 is 10.9 Å². The van der Waals surface area contributed by atoms with E-state index in [-0.39, 0.29) is 18.7 Å². The number of aliphatic hydroxyl groups excluding tert-OH is 1. The molecular weight excluding hydrogens is 488 g/mol. The number of nitrogens with one attached hydrogen (secondary N) is 1. The highest BCUT2D eigenvalue weighted by Crippen LogP contribution is 2.21. The Bertz CT molecular complexity index is 1340. The summed E-state index contributed by atoms with van der Waals surface area (Å²) in [6, 6.07) is 7.41. The minimum absolute atomic E-state index is 0.00779. The Labute approximate surface area is 212 Å². The molecule has 4 rings (SSSR count). The first-order valence-electron chi connectivity index (χ1n) is 11.3. The molecule has 3 aromatic rings. The number of benzene rings is 1. The topological polar surface area (TPSA) is 132 Å². The molecule has 0 radical (unpaired) electrons. The molecule has 2 unspecified atom stereocenters. The molecule has 11 nitrogen and oxygen atoms in total. The second kappa shape index (κ2) is 9.75. The van der Waals surface area contributed by atoms with Gasteiger partial charge in [-0.1, -0.05) is 23.7 Å². The van der Waals surface area contributed by atoms with Crippen LogP contribution in [0.15, 0.2) is 47.5 Å². The molecule has 0 spiro atoms. The smallest absolute Gasteiger partial charge is 0.410 e. The van der Waals surface area contributed by atoms with Crippen LogP contribution in [-0.4, -0.2) is 72.4 Å². The number of hydrogen-bond acceptors (Lipinski definition) is 7. The maximum Gasteiger partial charge on any atom is 0.410 e. The number of hydrogen-bond donors (Lipinski definition) is 2. The maximum atomic E-state index is 13.3. The zero-order chi connectivity index (χ0) is 26.2. The summed E-state index contributed by atoms with van der Waals surface area (Å²) in [6.45, 7) is 5.25. The molecule has 2 aromatic heterocycles. The van der Waals surface area contributed by atoms with Gasteiger partial charge in [0.05, 0.1) is 36.8 Å². The average Bonchev–Trinajstić information content (AvgIpc) is 3.39. The first-order valence-corrected chi connectivity index (χ1v) is 11.7. The van der Waals surface area contributed by atoms with Crippen LogP contribution in [0, 0.1) is 0 Å². The molecule has 0 bridgehead atoms. The largest absolute Gasteiger partial charge is 0.444 e. The molecule has 1 aliphatic rings. The average molecular weight is 515 g/mol. The zero-order valence-electron chi connectivity index (χ0n) is 20.3. The Morgan fingerprint density at radius 2 is 1.89 bits per heavy atom. The predicted molar refractivity (Wildman–Crippen MR) is 132 cm³/mol. The Balaban J connectivity index is 1.64. The van der Waals surface area contributed by atoms with Crippen molar-refractivity contribution < 1.29 is 19.4 Å². The minimum Gasteiger partial charge on any atom is -0.444 e. The number of carbonyl (C=O) groups excluding carboxylic acids is 2. The van der Waals surface area contributed by atoms with Gasteiger partial charge in [0.1, 0.15) is 16.9 Å². The second-order valence-corrected chi connectivity index (χ2v) is 10.0. The lowest BCUT2D eigenvalue weighted by molar-refractivity contribution is 0.0269. The Morgan fingerprint density at radius 3 is 2.50 bits per heavy atom. The molecule has 1 aliphatic heterocycles. The summed E-state index contributed by atoms with van der Waals surface area (Å²) in [5.41, 5.74) is -0.151. The number of ether oxygens (including phenoxy) is 1. The van der Waals surface area contributed by atoms with E-state index in [1.807, 2.05) is 0 Å². The second-order valence-electron chi connectivity index (χ2n) is 9.57. The molecule has 1 fully saturated rings. The summed E-state index contributed by atoms with van der Waals surface area (Å²) >= 11 is 6.00. The highest BCUT2D eigenvalue weighted by molar-refractivity contribution is 6.30. The molecule has 3 heterocycles. The van der Waals surface area contributed by atoms with Gasteiger partial charge in [0.15, 0.2) is 0 Å². The van der Waals surface area contributed by atoms with Crippen LogP contribution in [0.2, 0.25) is 5.02 Å². The van der Waals surface area contributed by atoms with Gasteiger partial charge in [-0.25, -0.2) is 4.79 Å². The number of nitrogens with zero attached hydrogens (tertiary/aromatic N) is 5. The van der Waals surface area contributed by atoms with Crippen LogP contribution in [-0.2, 0) is 11.8 Å². The molecule has 36 heavy (non-hydrogen) atoms. The van der Waals surface area contributed by atoms with Gasteiger partial charge in [-0.3, -0.25) is 14.3 Å². The van der Waals surface area contributed by atoms with Crippen molar-refractivity contribution >= 4 is 23.6 Å². The number of aliphatic hydroxyl groups is 1.